The number of aromatic nitrogens is 2. The van der Waals surface area contributed by atoms with Crippen molar-refractivity contribution in [3.63, 3.8) is 0 Å². The summed E-state index contributed by atoms with van der Waals surface area (Å²) in [5, 5.41) is 4.29. The summed E-state index contributed by atoms with van der Waals surface area (Å²) < 4.78 is 0. The van der Waals surface area contributed by atoms with E-state index in [2.05, 4.69) is 17.2 Å². The van der Waals surface area contributed by atoms with Crippen molar-refractivity contribution in [2.75, 3.05) is 6.54 Å². The number of nitrogens with zero attached hydrogens (tertiary/aromatic N) is 2. The summed E-state index contributed by atoms with van der Waals surface area (Å²) in [6.45, 7) is 3.23. The van der Waals surface area contributed by atoms with Gasteiger partial charge in [0, 0.05) is 29.1 Å². The van der Waals surface area contributed by atoms with E-state index in [-0.39, 0.29) is 0 Å². The van der Waals surface area contributed by atoms with Crippen molar-refractivity contribution in [2.24, 2.45) is 0 Å². The lowest BCUT2D eigenvalue weighted by molar-refractivity contribution is 0.454. The molecule has 110 valence electrons. The molecule has 0 fully saturated rings. The molecule has 1 heterocycles. The molecule has 21 heavy (non-hydrogen) atoms. The summed E-state index contributed by atoms with van der Waals surface area (Å²) >= 11 is 6.25. The third-order valence-electron chi connectivity index (χ3n) is 3.94. The first kappa shape index (κ1) is 14.5. The predicted octanol–water partition coefficient (Wildman–Crippen LogP) is 4.17. The molecule has 1 unspecified atom stereocenters. The minimum absolute atomic E-state index is 0.397. The van der Waals surface area contributed by atoms with E-state index >= 15 is 0 Å². The lowest BCUT2D eigenvalue weighted by Crippen LogP contribution is -2.26. The molecule has 1 aromatic heterocycles. The van der Waals surface area contributed by atoms with Crippen molar-refractivity contribution < 1.29 is 0 Å². The third kappa shape index (κ3) is 3.09. The van der Waals surface area contributed by atoms with E-state index < -0.39 is 0 Å². The fraction of sp³-hybridized carbons (Fsp3) is 0.412. The molecular formula is C17H20ClN3. The first-order valence-corrected chi connectivity index (χ1v) is 8.01. The molecule has 1 aromatic carbocycles. The first-order valence-electron chi connectivity index (χ1n) is 7.63. The molecule has 1 aliphatic carbocycles. The smallest absolute Gasteiger partial charge is 0.160 e. The number of rotatable bonds is 4. The van der Waals surface area contributed by atoms with Gasteiger partial charge in [-0.05, 0) is 44.4 Å². The van der Waals surface area contributed by atoms with Crippen molar-refractivity contribution in [3.8, 4) is 11.4 Å². The monoisotopic (exact) mass is 301 g/mol. The average Bonchev–Trinajstić information content (AvgIpc) is 2.52. The van der Waals surface area contributed by atoms with Gasteiger partial charge in [-0.15, -0.1) is 0 Å². The van der Waals surface area contributed by atoms with Gasteiger partial charge in [0.2, 0.25) is 0 Å². The predicted molar refractivity (Wildman–Crippen MR) is 86.5 cm³/mol. The molecule has 0 radical (unpaired) electrons. The molecule has 0 saturated heterocycles. The zero-order valence-corrected chi connectivity index (χ0v) is 13.0. The van der Waals surface area contributed by atoms with Gasteiger partial charge < -0.3 is 5.32 Å². The Bertz CT molecular complexity index is 627. The Morgan fingerprint density at radius 3 is 3.00 bits per heavy atom. The van der Waals surface area contributed by atoms with Crippen molar-refractivity contribution >= 4 is 11.6 Å². The SMILES string of the molecule is CCCNC1CCCc2nc(-c3ccccc3Cl)ncc21. The molecule has 0 aliphatic heterocycles. The standard InChI is InChI=1S/C17H20ClN3/c1-2-10-19-15-8-5-9-16-13(15)11-20-17(21-16)12-6-3-4-7-14(12)18/h3-4,6-7,11,15,19H,2,5,8-10H2,1H3. The van der Waals surface area contributed by atoms with Crippen LogP contribution in [-0.4, -0.2) is 16.5 Å². The summed E-state index contributed by atoms with van der Waals surface area (Å²) in [6.07, 6.45) is 6.49. The van der Waals surface area contributed by atoms with Crippen LogP contribution in [0.3, 0.4) is 0 Å². The Hall–Kier alpha value is -1.45. The number of aryl methyl sites for hydroxylation is 1. The third-order valence-corrected chi connectivity index (χ3v) is 4.27. The highest BCUT2D eigenvalue weighted by atomic mass is 35.5. The molecule has 0 amide bonds. The topological polar surface area (TPSA) is 37.8 Å². The van der Waals surface area contributed by atoms with Crippen LogP contribution < -0.4 is 5.32 Å². The highest BCUT2D eigenvalue weighted by molar-refractivity contribution is 6.33. The lowest BCUT2D eigenvalue weighted by atomic mass is 9.92. The van der Waals surface area contributed by atoms with E-state index in [4.69, 9.17) is 16.6 Å². The van der Waals surface area contributed by atoms with Crippen LogP contribution in [-0.2, 0) is 6.42 Å². The van der Waals surface area contributed by atoms with Crippen LogP contribution in [0.1, 0.15) is 43.5 Å². The van der Waals surface area contributed by atoms with Gasteiger partial charge in [0.15, 0.2) is 5.82 Å². The van der Waals surface area contributed by atoms with E-state index in [0.717, 1.165) is 30.8 Å². The number of hydrogen-bond acceptors (Lipinski definition) is 3. The molecule has 0 spiro atoms. The van der Waals surface area contributed by atoms with Crippen LogP contribution in [0.4, 0.5) is 0 Å². The van der Waals surface area contributed by atoms with Crippen molar-refractivity contribution in [1.82, 2.24) is 15.3 Å². The maximum atomic E-state index is 6.25. The second-order valence-corrected chi connectivity index (χ2v) is 5.88. The summed E-state index contributed by atoms with van der Waals surface area (Å²) in [7, 11) is 0. The largest absolute Gasteiger partial charge is 0.310 e. The Balaban J connectivity index is 1.93. The molecule has 3 rings (SSSR count). The fourth-order valence-electron chi connectivity index (χ4n) is 2.85. The Morgan fingerprint density at radius 1 is 1.33 bits per heavy atom. The second kappa shape index (κ2) is 6.54. The molecule has 3 nitrogen and oxygen atoms in total. The van der Waals surface area contributed by atoms with Gasteiger partial charge in [0.25, 0.3) is 0 Å². The highest BCUT2D eigenvalue weighted by Crippen LogP contribution is 2.31. The molecule has 1 aliphatic rings. The summed E-state index contributed by atoms with van der Waals surface area (Å²) in [5.74, 6) is 0.732. The van der Waals surface area contributed by atoms with Crippen molar-refractivity contribution in [3.05, 3.63) is 46.7 Å². The summed E-state index contributed by atoms with van der Waals surface area (Å²) in [6, 6.07) is 8.14. The van der Waals surface area contributed by atoms with Gasteiger partial charge in [0.1, 0.15) is 0 Å². The molecule has 1 N–H and O–H groups in total. The second-order valence-electron chi connectivity index (χ2n) is 5.47. The van der Waals surface area contributed by atoms with Crippen LogP contribution in [0.5, 0.6) is 0 Å². The zero-order valence-electron chi connectivity index (χ0n) is 12.3. The van der Waals surface area contributed by atoms with Crippen LogP contribution in [0.25, 0.3) is 11.4 Å². The highest BCUT2D eigenvalue weighted by Gasteiger charge is 2.22. The molecule has 0 saturated carbocycles. The lowest BCUT2D eigenvalue weighted by Gasteiger charge is -2.25. The quantitative estimate of drug-likeness (QED) is 0.921. The normalized spacial score (nSPS) is 17.5. The van der Waals surface area contributed by atoms with Crippen molar-refractivity contribution in [1.29, 1.82) is 0 Å². The van der Waals surface area contributed by atoms with Crippen LogP contribution in [0.2, 0.25) is 5.02 Å². The molecule has 4 heteroatoms. The van der Waals surface area contributed by atoms with Crippen LogP contribution in [0, 0.1) is 0 Å². The van der Waals surface area contributed by atoms with E-state index in [9.17, 15) is 0 Å². The van der Waals surface area contributed by atoms with Gasteiger partial charge >= 0.3 is 0 Å². The van der Waals surface area contributed by atoms with E-state index in [0.29, 0.717) is 11.1 Å². The summed E-state index contributed by atoms with van der Waals surface area (Å²) in [4.78, 5) is 9.31. The Kier molecular flexibility index (Phi) is 4.51. The van der Waals surface area contributed by atoms with Gasteiger partial charge in [-0.1, -0.05) is 30.7 Å². The van der Waals surface area contributed by atoms with Gasteiger partial charge in [0.05, 0.1) is 5.02 Å². The minimum atomic E-state index is 0.397. The molecule has 0 bridgehead atoms. The van der Waals surface area contributed by atoms with Gasteiger partial charge in [-0.25, -0.2) is 9.97 Å². The van der Waals surface area contributed by atoms with Gasteiger partial charge in [-0.2, -0.15) is 0 Å². The minimum Gasteiger partial charge on any atom is -0.310 e. The van der Waals surface area contributed by atoms with Crippen LogP contribution in [0.15, 0.2) is 30.5 Å². The maximum absolute atomic E-state index is 6.25. The Labute approximate surface area is 130 Å². The number of fused-ring (bicyclic) bond motifs is 1. The van der Waals surface area contributed by atoms with Gasteiger partial charge in [-0.3, -0.25) is 0 Å². The Morgan fingerprint density at radius 2 is 2.19 bits per heavy atom. The number of benzene rings is 1. The first-order chi connectivity index (χ1) is 10.3. The van der Waals surface area contributed by atoms with Crippen molar-refractivity contribution in [2.45, 2.75) is 38.6 Å². The zero-order chi connectivity index (χ0) is 14.7. The van der Waals surface area contributed by atoms with E-state index in [1.807, 2.05) is 30.5 Å². The number of nitrogens with one attached hydrogen (secondary N) is 1. The van der Waals surface area contributed by atoms with E-state index in [1.54, 1.807) is 0 Å². The van der Waals surface area contributed by atoms with E-state index in [1.165, 1.54) is 24.1 Å². The molecule has 2 aromatic rings. The summed E-state index contributed by atoms with van der Waals surface area (Å²) in [5.41, 5.74) is 3.33. The molecule has 1 atom stereocenters. The maximum Gasteiger partial charge on any atom is 0.160 e. The van der Waals surface area contributed by atoms with Crippen LogP contribution >= 0.6 is 11.6 Å². The average molecular weight is 302 g/mol. The molecular weight excluding hydrogens is 282 g/mol. The number of hydrogen-bond donors (Lipinski definition) is 1. The fourth-order valence-corrected chi connectivity index (χ4v) is 3.07. The number of halogens is 1.